The van der Waals surface area contributed by atoms with Crippen molar-refractivity contribution in [1.82, 2.24) is 4.98 Å². The van der Waals surface area contributed by atoms with E-state index in [1.54, 1.807) is 7.11 Å². The molecule has 154 valence electrons. The van der Waals surface area contributed by atoms with Crippen LogP contribution in [-0.4, -0.2) is 37.1 Å². The van der Waals surface area contributed by atoms with E-state index in [4.69, 9.17) is 14.5 Å². The minimum Gasteiger partial charge on any atom is -0.493 e. The first-order chi connectivity index (χ1) is 14.6. The molecule has 0 unspecified atom stereocenters. The second-order valence-electron chi connectivity index (χ2n) is 8.24. The van der Waals surface area contributed by atoms with Crippen LogP contribution in [0.15, 0.2) is 48.5 Å². The minimum atomic E-state index is -0.374. The summed E-state index contributed by atoms with van der Waals surface area (Å²) in [6.45, 7) is 0.489. The Kier molecular flexibility index (Phi) is 4.61. The lowest BCUT2D eigenvalue weighted by Crippen LogP contribution is -2.45. The van der Waals surface area contributed by atoms with Crippen LogP contribution in [0.2, 0.25) is 0 Å². The number of nitrogens with zero attached hydrogens (tertiary/aromatic N) is 2. The number of hydrogen-bond acceptors (Lipinski definition) is 5. The molecule has 5 heteroatoms. The summed E-state index contributed by atoms with van der Waals surface area (Å²) in [5.41, 5.74) is 3.31. The molecule has 0 amide bonds. The summed E-state index contributed by atoms with van der Waals surface area (Å²) >= 11 is 0. The molecule has 0 N–H and O–H groups in total. The lowest BCUT2D eigenvalue weighted by atomic mass is 9.91. The van der Waals surface area contributed by atoms with Gasteiger partial charge in [-0.15, -0.1) is 0 Å². The molecule has 0 saturated heterocycles. The summed E-state index contributed by atoms with van der Waals surface area (Å²) in [7, 11) is 3.65. The zero-order valence-electron chi connectivity index (χ0n) is 17.5. The van der Waals surface area contributed by atoms with Crippen LogP contribution in [0.5, 0.6) is 11.5 Å². The lowest BCUT2D eigenvalue weighted by molar-refractivity contribution is 0.0906. The van der Waals surface area contributed by atoms with Gasteiger partial charge in [0.1, 0.15) is 5.54 Å². The minimum absolute atomic E-state index is 0.225. The Balaban J connectivity index is 1.36. The van der Waals surface area contributed by atoms with Crippen molar-refractivity contribution in [3.63, 3.8) is 0 Å². The molecule has 1 spiro atoms. The summed E-state index contributed by atoms with van der Waals surface area (Å²) in [6, 6.07) is 16.1. The van der Waals surface area contributed by atoms with E-state index < -0.39 is 0 Å². The first-order valence-corrected chi connectivity index (χ1v) is 10.6. The molecule has 1 fully saturated rings. The van der Waals surface area contributed by atoms with Crippen molar-refractivity contribution in [3.8, 4) is 11.5 Å². The van der Waals surface area contributed by atoms with Gasteiger partial charge in [-0.25, -0.2) is 0 Å². The maximum atomic E-state index is 13.2. The number of carbonyl (C=O) groups is 1. The van der Waals surface area contributed by atoms with Gasteiger partial charge in [0.25, 0.3) is 0 Å². The van der Waals surface area contributed by atoms with E-state index in [1.807, 2.05) is 43.4 Å². The molecular weight excluding hydrogens is 376 g/mol. The molecule has 0 bridgehead atoms. The number of para-hydroxylation sites is 1. The van der Waals surface area contributed by atoms with Crippen molar-refractivity contribution >= 4 is 22.4 Å². The number of ketones is 1. The molecule has 0 radical (unpaired) electrons. The van der Waals surface area contributed by atoms with Gasteiger partial charge in [0, 0.05) is 36.2 Å². The highest BCUT2D eigenvalue weighted by atomic mass is 16.5. The van der Waals surface area contributed by atoms with Crippen molar-refractivity contribution in [2.75, 3.05) is 25.7 Å². The van der Waals surface area contributed by atoms with Crippen molar-refractivity contribution in [2.45, 2.75) is 37.6 Å². The second-order valence-corrected chi connectivity index (χ2v) is 8.24. The molecule has 3 aromatic rings. The van der Waals surface area contributed by atoms with Crippen molar-refractivity contribution in [2.24, 2.45) is 0 Å². The van der Waals surface area contributed by atoms with Crippen LogP contribution in [-0.2, 0) is 6.42 Å². The number of ether oxygens (including phenoxy) is 2. The Hall–Kier alpha value is -3.08. The largest absolute Gasteiger partial charge is 0.493 e. The summed E-state index contributed by atoms with van der Waals surface area (Å²) in [5, 5.41) is 1.14. The molecule has 1 aliphatic carbocycles. The third-order valence-electron chi connectivity index (χ3n) is 6.66. The van der Waals surface area contributed by atoms with E-state index in [1.165, 1.54) is 0 Å². The number of carbonyl (C=O) groups excluding carboxylic acids is 1. The molecule has 2 aliphatic rings. The van der Waals surface area contributed by atoms with Gasteiger partial charge in [0.05, 0.1) is 24.9 Å². The molecule has 1 saturated carbocycles. The number of aromatic nitrogens is 1. The van der Waals surface area contributed by atoms with E-state index in [0.29, 0.717) is 24.5 Å². The fourth-order valence-corrected chi connectivity index (χ4v) is 4.95. The smallest absolute Gasteiger partial charge is 0.190 e. The molecule has 1 aromatic heterocycles. The number of methoxy groups -OCH3 is 1. The van der Waals surface area contributed by atoms with Gasteiger partial charge in [0.15, 0.2) is 17.3 Å². The average Bonchev–Trinajstić information content (AvgIpc) is 3.35. The first kappa shape index (κ1) is 18.9. The molecule has 1 aliphatic heterocycles. The van der Waals surface area contributed by atoms with Crippen molar-refractivity contribution < 1.29 is 14.3 Å². The normalized spacial score (nSPS) is 17.0. The molecule has 5 nitrogen and oxygen atoms in total. The second kappa shape index (κ2) is 7.31. The SMILES string of the molecule is COc1cc2c(cc1OCCc1ccc3ccccc3n1)N(C)C1(CCCC1)C2=O. The molecular formula is C25H26N2O3. The number of fused-ring (bicyclic) bond motifs is 2. The van der Waals surface area contributed by atoms with E-state index >= 15 is 0 Å². The van der Waals surface area contributed by atoms with Crippen molar-refractivity contribution in [1.29, 1.82) is 0 Å². The quantitative estimate of drug-likeness (QED) is 0.613. The fraction of sp³-hybridized carbons (Fsp3) is 0.360. The number of rotatable bonds is 5. The number of Topliss-reactive ketones (excluding diaryl/α,β-unsaturated/α-hetero) is 1. The van der Waals surface area contributed by atoms with Crippen LogP contribution >= 0.6 is 0 Å². The van der Waals surface area contributed by atoms with Gasteiger partial charge in [0.2, 0.25) is 0 Å². The maximum absolute atomic E-state index is 13.2. The third kappa shape index (κ3) is 2.92. The zero-order chi connectivity index (χ0) is 20.7. The molecule has 30 heavy (non-hydrogen) atoms. The highest BCUT2D eigenvalue weighted by Gasteiger charge is 2.51. The van der Waals surface area contributed by atoms with Gasteiger partial charge in [-0.3, -0.25) is 9.78 Å². The Morgan fingerprint density at radius 1 is 1.07 bits per heavy atom. The third-order valence-corrected chi connectivity index (χ3v) is 6.66. The summed E-state index contributed by atoms with van der Waals surface area (Å²) in [5.74, 6) is 1.51. The maximum Gasteiger partial charge on any atom is 0.190 e. The Bertz CT molecular complexity index is 1120. The predicted molar refractivity (Wildman–Crippen MR) is 118 cm³/mol. The number of anilines is 1. The van der Waals surface area contributed by atoms with Gasteiger partial charge in [-0.1, -0.05) is 37.1 Å². The van der Waals surface area contributed by atoms with E-state index in [9.17, 15) is 4.79 Å². The zero-order valence-corrected chi connectivity index (χ0v) is 17.5. The monoisotopic (exact) mass is 402 g/mol. The predicted octanol–water partition coefficient (Wildman–Crippen LogP) is 4.81. The van der Waals surface area contributed by atoms with Gasteiger partial charge < -0.3 is 14.4 Å². The van der Waals surface area contributed by atoms with Gasteiger partial charge >= 0.3 is 0 Å². The van der Waals surface area contributed by atoms with Gasteiger partial charge in [-0.2, -0.15) is 0 Å². The lowest BCUT2D eigenvalue weighted by Gasteiger charge is -2.32. The van der Waals surface area contributed by atoms with Crippen LogP contribution in [0.4, 0.5) is 5.69 Å². The van der Waals surface area contributed by atoms with E-state index in [2.05, 4.69) is 17.0 Å². The van der Waals surface area contributed by atoms with Crippen LogP contribution in [0.1, 0.15) is 41.7 Å². The number of hydrogen-bond donors (Lipinski definition) is 0. The molecule has 5 rings (SSSR count). The summed E-state index contributed by atoms with van der Waals surface area (Å²) < 4.78 is 11.7. The molecule has 0 atom stereocenters. The van der Waals surface area contributed by atoms with Crippen molar-refractivity contribution in [3.05, 3.63) is 59.8 Å². The topological polar surface area (TPSA) is 51.7 Å². The summed E-state index contributed by atoms with van der Waals surface area (Å²) in [6.07, 6.45) is 4.74. The van der Waals surface area contributed by atoms with Crippen LogP contribution in [0.25, 0.3) is 10.9 Å². The van der Waals surface area contributed by atoms with Crippen LogP contribution in [0.3, 0.4) is 0 Å². The first-order valence-electron chi connectivity index (χ1n) is 10.6. The van der Waals surface area contributed by atoms with Gasteiger partial charge in [-0.05, 0) is 31.0 Å². The standard InChI is InChI=1S/C25H26N2O3/c1-27-21-16-23(22(29-2)15-19(21)24(28)25(27)12-5-6-13-25)30-14-11-18-10-9-17-7-3-4-8-20(17)26-18/h3-4,7-10,15-16H,5-6,11-14H2,1-2H3. The number of pyridine rings is 1. The number of likely N-dealkylation sites (N-methyl/N-ethyl adjacent to an activating group) is 1. The van der Waals surface area contributed by atoms with Crippen LogP contribution < -0.4 is 14.4 Å². The Morgan fingerprint density at radius 3 is 2.67 bits per heavy atom. The average molecular weight is 402 g/mol. The highest BCUT2D eigenvalue weighted by Crippen LogP contribution is 2.49. The van der Waals surface area contributed by atoms with Crippen LogP contribution in [0, 0.1) is 0 Å². The molecule has 2 heterocycles. The molecule has 2 aromatic carbocycles. The Morgan fingerprint density at radius 2 is 1.87 bits per heavy atom. The highest BCUT2D eigenvalue weighted by molar-refractivity contribution is 6.14. The Labute approximate surface area is 176 Å². The van der Waals surface area contributed by atoms with E-state index in [0.717, 1.165) is 53.5 Å². The number of benzene rings is 2. The van der Waals surface area contributed by atoms with E-state index in [-0.39, 0.29) is 11.3 Å². The fourth-order valence-electron chi connectivity index (χ4n) is 4.95. The summed E-state index contributed by atoms with van der Waals surface area (Å²) in [4.78, 5) is 20.0.